The maximum absolute atomic E-state index is 13.8. The number of nitrogens with one attached hydrogen (secondary N) is 2. The summed E-state index contributed by atoms with van der Waals surface area (Å²) in [4.78, 5) is 42.3. The van der Waals surface area contributed by atoms with Gasteiger partial charge in [0, 0.05) is 22.2 Å². The third kappa shape index (κ3) is 6.32. The van der Waals surface area contributed by atoms with Gasteiger partial charge in [-0.2, -0.15) is 0 Å². The summed E-state index contributed by atoms with van der Waals surface area (Å²) in [6.45, 7) is 0. The maximum Gasteiger partial charge on any atom is 0.283 e. The van der Waals surface area contributed by atoms with Crippen molar-refractivity contribution in [1.29, 1.82) is 0 Å². The molecule has 2 N–H and O–H groups in total. The van der Waals surface area contributed by atoms with E-state index < -0.39 is 11.8 Å². The van der Waals surface area contributed by atoms with Crippen molar-refractivity contribution in [3.05, 3.63) is 107 Å². The Morgan fingerprint density at radius 3 is 2.02 bits per heavy atom. The first-order chi connectivity index (χ1) is 21.3. The highest BCUT2D eigenvalue weighted by Gasteiger charge is 2.40. The Balaban J connectivity index is 1.43. The van der Waals surface area contributed by atoms with Crippen LogP contribution in [0.15, 0.2) is 106 Å². The number of rotatable bonds is 11. The molecular weight excluding hydrogens is 582 g/mol. The van der Waals surface area contributed by atoms with Gasteiger partial charge in [-0.3, -0.25) is 14.4 Å². The zero-order chi connectivity index (χ0) is 31.2. The number of thioether (sulfide) groups is 1. The molecule has 3 amide bonds. The molecule has 44 heavy (non-hydrogen) atoms. The van der Waals surface area contributed by atoms with Crippen LogP contribution in [0.25, 0.3) is 0 Å². The molecule has 4 aromatic rings. The minimum Gasteiger partial charge on any atom is -0.497 e. The average molecular weight is 612 g/mol. The van der Waals surface area contributed by atoms with Crippen LogP contribution < -0.4 is 34.5 Å². The average Bonchev–Trinajstić information content (AvgIpc) is 3.29. The second-order valence-corrected chi connectivity index (χ2v) is 10.4. The Hall–Kier alpha value is -5.42. The topological polar surface area (TPSA) is 115 Å². The van der Waals surface area contributed by atoms with Gasteiger partial charge in [0.25, 0.3) is 17.7 Å². The van der Waals surface area contributed by atoms with Crippen LogP contribution in [0.3, 0.4) is 0 Å². The largest absolute Gasteiger partial charge is 0.497 e. The molecule has 0 spiro atoms. The number of hydrogen-bond acceptors (Lipinski definition) is 9. The number of methoxy groups -OCH3 is 4. The van der Waals surface area contributed by atoms with E-state index in [2.05, 4.69) is 10.6 Å². The Morgan fingerprint density at radius 2 is 1.36 bits per heavy atom. The van der Waals surface area contributed by atoms with Gasteiger partial charge in [-0.05, 0) is 78.9 Å². The van der Waals surface area contributed by atoms with Crippen molar-refractivity contribution < 1.29 is 33.3 Å². The molecule has 10 nitrogen and oxygen atoms in total. The van der Waals surface area contributed by atoms with E-state index in [1.165, 1.54) is 21.3 Å². The summed E-state index contributed by atoms with van der Waals surface area (Å²) in [5.74, 6) is 0.865. The highest BCUT2D eigenvalue weighted by Crippen LogP contribution is 2.40. The number of anilines is 3. The number of carbonyl (C=O) groups excluding carboxylic acids is 3. The predicted molar refractivity (Wildman–Crippen MR) is 169 cm³/mol. The van der Waals surface area contributed by atoms with Crippen LogP contribution in [0, 0.1) is 0 Å². The van der Waals surface area contributed by atoms with Crippen LogP contribution in [0.4, 0.5) is 17.1 Å². The molecule has 1 aliphatic rings. The number of nitrogens with zero attached hydrogens (tertiary/aromatic N) is 1. The molecule has 224 valence electrons. The van der Waals surface area contributed by atoms with Crippen LogP contribution in [-0.2, 0) is 9.59 Å². The number of imide groups is 1. The lowest BCUT2D eigenvalue weighted by molar-refractivity contribution is -0.120. The lowest BCUT2D eigenvalue weighted by Crippen LogP contribution is -2.32. The van der Waals surface area contributed by atoms with Gasteiger partial charge >= 0.3 is 0 Å². The van der Waals surface area contributed by atoms with Crippen molar-refractivity contribution >= 4 is 46.5 Å². The van der Waals surface area contributed by atoms with E-state index in [1.807, 2.05) is 0 Å². The van der Waals surface area contributed by atoms with Crippen molar-refractivity contribution in [1.82, 2.24) is 0 Å². The van der Waals surface area contributed by atoms with Gasteiger partial charge in [-0.25, -0.2) is 4.90 Å². The van der Waals surface area contributed by atoms with Gasteiger partial charge in [0.1, 0.15) is 33.6 Å². The van der Waals surface area contributed by atoms with Gasteiger partial charge < -0.3 is 29.6 Å². The molecule has 1 aliphatic heterocycles. The molecule has 0 radical (unpaired) electrons. The summed E-state index contributed by atoms with van der Waals surface area (Å²) >= 11 is 1.13. The Morgan fingerprint density at radius 1 is 0.705 bits per heavy atom. The minimum atomic E-state index is -0.525. The number of hydrogen-bond donors (Lipinski definition) is 2. The van der Waals surface area contributed by atoms with Crippen LogP contribution in [0.1, 0.15) is 10.4 Å². The summed E-state index contributed by atoms with van der Waals surface area (Å²) in [5.41, 5.74) is 1.98. The summed E-state index contributed by atoms with van der Waals surface area (Å²) in [5, 5.41) is 5.98. The molecule has 0 aliphatic carbocycles. The highest BCUT2D eigenvalue weighted by molar-refractivity contribution is 8.04. The van der Waals surface area contributed by atoms with Gasteiger partial charge in [0.2, 0.25) is 0 Å². The fraction of sp³-hybridized carbons (Fsp3) is 0.121. The molecule has 0 unspecified atom stereocenters. The number of amides is 3. The number of carbonyl (C=O) groups is 3. The van der Waals surface area contributed by atoms with Crippen LogP contribution >= 0.6 is 11.8 Å². The first-order valence-corrected chi connectivity index (χ1v) is 14.2. The lowest BCUT2D eigenvalue weighted by Gasteiger charge is -2.16. The maximum atomic E-state index is 13.8. The SMILES string of the molecule is COc1ccc(N2C(=O)C(Nc3ccc(OC)cc3OC)=C(Sc3ccc(NC(=O)c4cccc(OC)c4)cc3)C2=O)cc1. The Bertz CT molecular complexity index is 1740. The first kappa shape index (κ1) is 30.1. The van der Waals surface area contributed by atoms with Gasteiger partial charge in [-0.1, -0.05) is 17.8 Å². The monoisotopic (exact) mass is 611 g/mol. The van der Waals surface area contributed by atoms with Crippen molar-refractivity contribution in [2.45, 2.75) is 4.90 Å². The summed E-state index contributed by atoms with van der Waals surface area (Å²) < 4.78 is 21.2. The molecule has 0 bridgehead atoms. The summed E-state index contributed by atoms with van der Waals surface area (Å²) in [7, 11) is 6.12. The van der Waals surface area contributed by atoms with Crippen molar-refractivity contribution in [2.24, 2.45) is 0 Å². The van der Waals surface area contributed by atoms with Crippen molar-refractivity contribution in [2.75, 3.05) is 44.0 Å². The molecule has 4 aromatic carbocycles. The number of benzene rings is 4. The Kier molecular flexibility index (Phi) is 9.06. The van der Waals surface area contributed by atoms with E-state index in [4.69, 9.17) is 18.9 Å². The Labute approximate surface area is 258 Å². The third-order valence-electron chi connectivity index (χ3n) is 6.70. The smallest absolute Gasteiger partial charge is 0.283 e. The normalized spacial score (nSPS) is 12.7. The van der Waals surface area contributed by atoms with E-state index >= 15 is 0 Å². The molecule has 0 saturated carbocycles. The number of ether oxygens (including phenoxy) is 4. The van der Waals surface area contributed by atoms with Crippen molar-refractivity contribution in [3.63, 3.8) is 0 Å². The first-order valence-electron chi connectivity index (χ1n) is 13.3. The minimum absolute atomic E-state index is 0.0923. The van der Waals surface area contributed by atoms with E-state index in [-0.39, 0.29) is 16.5 Å². The molecule has 0 aromatic heterocycles. The zero-order valence-electron chi connectivity index (χ0n) is 24.4. The second kappa shape index (κ2) is 13.3. The molecule has 1 heterocycles. The predicted octanol–water partition coefficient (Wildman–Crippen LogP) is 5.96. The molecular formula is C33H29N3O7S. The van der Waals surface area contributed by atoms with E-state index in [0.717, 1.165) is 16.7 Å². The highest BCUT2D eigenvalue weighted by atomic mass is 32.2. The van der Waals surface area contributed by atoms with Crippen molar-refractivity contribution in [3.8, 4) is 23.0 Å². The zero-order valence-corrected chi connectivity index (χ0v) is 25.2. The third-order valence-corrected chi connectivity index (χ3v) is 7.80. The van der Waals surface area contributed by atoms with Gasteiger partial charge in [0.05, 0.1) is 39.8 Å². The fourth-order valence-electron chi connectivity index (χ4n) is 4.41. The fourth-order valence-corrected chi connectivity index (χ4v) is 5.34. The molecule has 5 rings (SSSR count). The second-order valence-electron chi connectivity index (χ2n) is 9.35. The van der Waals surface area contributed by atoms with E-state index in [9.17, 15) is 14.4 Å². The molecule has 0 fully saturated rings. The quantitative estimate of drug-likeness (QED) is 0.198. The van der Waals surface area contributed by atoms with E-state index in [0.29, 0.717) is 50.5 Å². The molecule has 0 saturated heterocycles. The molecule has 0 atom stereocenters. The standard InChI is InChI=1S/C33H29N3O7S/c1-40-23-12-10-22(11-13-23)36-32(38)29(35-27-17-14-25(42-3)19-28(27)43-4)30(33(36)39)44-26-15-8-21(9-16-26)34-31(37)20-6-5-7-24(18-20)41-2/h5-19,35H,1-4H3,(H,34,37). The molecule has 11 heteroatoms. The van der Waals surface area contributed by atoms with Gasteiger partial charge in [0.15, 0.2) is 0 Å². The van der Waals surface area contributed by atoms with Gasteiger partial charge in [-0.15, -0.1) is 0 Å². The van der Waals surface area contributed by atoms with Crippen LogP contribution in [0.2, 0.25) is 0 Å². The summed E-state index contributed by atoms with van der Waals surface area (Å²) in [6.07, 6.45) is 0. The summed E-state index contributed by atoms with van der Waals surface area (Å²) in [6, 6.07) is 25.6. The van der Waals surface area contributed by atoms with Crippen LogP contribution in [-0.4, -0.2) is 46.2 Å². The van der Waals surface area contributed by atoms with E-state index in [1.54, 1.807) is 98.1 Å². The van der Waals surface area contributed by atoms with Crippen LogP contribution in [0.5, 0.6) is 23.0 Å². The lowest BCUT2D eigenvalue weighted by atomic mass is 10.2.